The van der Waals surface area contributed by atoms with Crippen molar-refractivity contribution >= 4 is 0 Å². The van der Waals surface area contributed by atoms with Crippen LogP contribution in [0.1, 0.15) is 24.7 Å². The summed E-state index contributed by atoms with van der Waals surface area (Å²) >= 11 is 0. The van der Waals surface area contributed by atoms with Gasteiger partial charge in [0.1, 0.15) is 6.61 Å². The molecule has 0 aliphatic carbocycles. The summed E-state index contributed by atoms with van der Waals surface area (Å²) in [5.74, 6) is 1.61. The lowest BCUT2D eigenvalue weighted by atomic mass is 10.1. The highest BCUT2D eigenvalue weighted by atomic mass is 16.5. The smallest absolute Gasteiger partial charge is 0.176 e. The molecule has 3 aromatic rings. The summed E-state index contributed by atoms with van der Waals surface area (Å²) in [5, 5.41) is 8.79. The van der Waals surface area contributed by atoms with Gasteiger partial charge < -0.3 is 4.74 Å². The summed E-state index contributed by atoms with van der Waals surface area (Å²) in [6.07, 6.45) is 4.76. The maximum Gasteiger partial charge on any atom is 0.176 e. The molecule has 2 heterocycles. The van der Waals surface area contributed by atoms with Gasteiger partial charge in [-0.05, 0) is 24.1 Å². The van der Waals surface area contributed by atoms with E-state index in [0.29, 0.717) is 12.4 Å². The quantitative estimate of drug-likeness (QED) is 0.673. The molecule has 0 unspecified atom stereocenters. The van der Waals surface area contributed by atoms with E-state index >= 15 is 0 Å². The number of rotatable bonds is 7. The van der Waals surface area contributed by atoms with Crippen molar-refractivity contribution in [3.05, 3.63) is 54.1 Å². The van der Waals surface area contributed by atoms with Crippen LogP contribution in [0.15, 0.2) is 42.7 Å². The number of methoxy groups -OCH3 is 1. The fourth-order valence-corrected chi connectivity index (χ4v) is 2.55. The van der Waals surface area contributed by atoms with Gasteiger partial charge in [0.25, 0.3) is 0 Å². The third-order valence-corrected chi connectivity index (χ3v) is 3.51. The predicted molar refractivity (Wildman–Crippen MR) is 87.8 cm³/mol. The molecule has 0 radical (unpaired) electrons. The molecule has 0 aliphatic rings. The van der Waals surface area contributed by atoms with Crippen LogP contribution in [0.3, 0.4) is 0 Å². The Morgan fingerprint density at radius 3 is 2.87 bits per heavy atom. The number of hydrogen-bond acceptors (Lipinski definition) is 4. The second-order valence-corrected chi connectivity index (χ2v) is 5.41. The van der Waals surface area contributed by atoms with Crippen LogP contribution in [0.25, 0.3) is 11.4 Å². The Morgan fingerprint density at radius 1 is 1.22 bits per heavy atom. The summed E-state index contributed by atoms with van der Waals surface area (Å²) in [7, 11) is 1.66. The largest absolute Gasteiger partial charge is 0.377 e. The zero-order valence-corrected chi connectivity index (χ0v) is 13.5. The molecule has 6 nitrogen and oxygen atoms in total. The molecule has 2 aromatic heterocycles. The lowest BCUT2D eigenvalue weighted by Gasteiger charge is -2.07. The standard InChI is InChI=1S/C17H21N5O/c1-3-9-22-17(19-16(20-22)13-23-2)15-7-4-6-14(11-15)12-21-10-5-8-18-21/h4-8,10-11H,3,9,12-13H2,1-2H3. The first kappa shape index (κ1) is 15.4. The third kappa shape index (κ3) is 3.65. The van der Waals surface area contributed by atoms with Gasteiger partial charge in [-0.3, -0.25) is 4.68 Å². The molecule has 0 bridgehead atoms. The van der Waals surface area contributed by atoms with Gasteiger partial charge in [-0.25, -0.2) is 9.67 Å². The van der Waals surface area contributed by atoms with Crippen LogP contribution in [0.2, 0.25) is 0 Å². The lowest BCUT2D eigenvalue weighted by molar-refractivity contribution is 0.177. The maximum atomic E-state index is 5.15. The topological polar surface area (TPSA) is 57.8 Å². The van der Waals surface area contributed by atoms with Gasteiger partial charge in [0.05, 0.1) is 6.54 Å². The van der Waals surface area contributed by atoms with E-state index in [1.165, 1.54) is 5.56 Å². The molecule has 0 saturated carbocycles. The first-order valence-corrected chi connectivity index (χ1v) is 7.79. The molecule has 120 valence electrons. The van der Waals surface area contributed by atoms with Gasteiger partial charge in [0.15, 0.2) is 11.6 Å². The van der Waals surface area contributed by atoms with E-state index in [1.54, 1.807) is 13.3 Å². The van der Waals surface area contributed by atoms with E-state index < -0.39 is 0 Å². The van der Waals surface area contributed by atoms with E-state index in [9.17, 15) is 0 Å². The SMILES string of the molecule is CCCn1nc(COC)nc1-c1cccc(Cn2cccn2)c1. The Labute approximate surface area is 135 Å². The molecule has 0 fully saturated rings. The molecule has 0 aliphatic heterocycles. The first-order valence-electron chi connectivity index (χ1n) is 7.79. The van der Waals surface area contributed by atoms with Crippen molar-refractivity contribution in [1.29, 1.82) is 0 Å². The number of aryl methyl sites for hydroxylation is 1. The molecule has 6 heteroatoms. The van der Waals surface area contributed by atoms with Gasteiger partial charge in [-0.15, -0.1) is 0 Å². The minimum absolute atomic E-state index is 0.427. The number of ether oxygens (including phenoxy) is 1. The Kier molecular flexibility index (Phi) is 4.83. The van der Waals surface area contributed by atoms with E-state index in [2.05, 4.69) is 46.4 Å². The van der Waals surface area contributed by atoms with Gasteiger partial charge in [-0.1, -0.05) is 25.1 Å². The van der Waals surface area contributed by atoms with Crippen molar-refractivity contribution in [3.63, 3.8) is 0 Å². The van der Waals surface area contributed by atoms with Crippen molar-refractivity contribution in [1.82, 2.24) is 24.5 Å². The van der Waals surface area contributed by atoms with Crippen LogP contribution in [0.5, 0.6) is 0 Å². The molecule has 3 rings (SSSR count). The van der Waals surface area contributed by atoms with E-state index in [-0.39, 0.29) is 0 Å². The minimum Gasteiger partial charge on any atom is -0.377 e. The van der Waals surface area contributed by atoms with Gasteiger partial charge in [0, 0.05) is 31.6 Å². The highest BCUT2D eigenvalue weighted by Gasteiger charge is 2.12. The zero-order valence-electron chi connectivity index (χ0n) is 13.5. The molecule has 0 amide bonds. The molecular weight excluding hydrogens is 290 g/mol. The fraction of sp³-hybridized carbons (Fsp3) is 0.353. The van der Waals surface area contributed by atoms with Crippen molar-refractivity contribution in [2.45, 2.75) is 33.0 Å². The van der Waals surface area contributed by atoms with Crippen LogP contribution in [-0.2, 0) is 24.4 Å². The number of nitrogens with zero attached hydrogens (tertiary/aromatic N) is 5. The fourth-order valence-electron chi connectivity index (χ4n) is 2.55. The van der Waals surface area contributed by atoms with E-state index in [4.69, 9.17) is 4.74 Å². The predicted octanol–water partition coefficient (Wildman–Crippen LogP) is 2.75. The normalized spacial score (nSPS) is 11.0. The Morgan fingerprint density at radius 2 is 2.13 bits per heavy atom. The van der Waals surface area contributed by atoms with Crippen LogP contribution < -0.4 is 0 Å². The molecule has 0 atom stereocenters. The van der Waals surface area contributed by atoms with E-state index in [0.717, 1.165) is 30.9 Å². The molecule has 23 heavy (non-hydrogen) atoms. The van der Waals surface area contributed by atoms with Gasteiger partial charge in [0.2, 0.25) is 0 Å². The highest BCUT2D eigenvalue weighted by Crippen LogP contribution is 2.20. The number of aromatic nitrogens is 5. The summed E-state index contributed by atoms with van der Waals surface area (Å²) in [5.41, 5.74) is 2.25. The summed E-state index contributed by atoms with van der Waals surface area (Å²) < 4.78 is 9.02. The monoisotopic (exact) mass is 311 g/mol. The third-order valence-electron chi connectivity index (χ3n) is 3.51. The van der Waals surface area contributed by atoms with Crippen molar-refractivity contribution in [2.24, 2.45) is 0 Å². The number of hydrogen-bond donors (Lipinski definition) is 0. The van der Waals surface area contributed by atoms with Gasteiger partial charge >= 0.3 is 0 Å². The average molecular weight is 311 g/mol. The zero-order chi connectivity index (χ0) is 16.1. The van der Waals surface area contributed by atoms with Crippen molar-refractivity contribution in [3.8, 4) is 11.4 Å². The second kappa shape index (κ2) is 7.19. The van der Waals surface area contributed by atoms with Crippen LogP contribution in [0, 0.1) is 0 Å². The van der Waals surface area contributed by atoms with Crippen molar-refractivity contribution < 1.29 is 4.74 Å². The summed E-state index contributed by atoms with van der Waals surface area (Å²) in [6, 6.07) is 10.3. The Hall–Kier alpha value is -2.47. The molecular formula is C17H21N5O. The minimum atomic E-state index is 0.427. The van der Waals surface area contributed by atoms with Crippen molar-refractivity contribution in [2.75, 3.05) is 7.11 Å². The van der Waals surface area contributed by atoms with E-state index in [1.807, 2.05) is 21.6 Å². The summed E-state index contributed by atoms with van der Waals surface area (Å²) in [4.78, 5) is 4.63. The molecule has 0 N–H and O–H groups in total. The molecule has 0 saturated heterocycles. The lowest BCUT2D eigenvalue weighted by Crippen LogP contribution is -2.03. The number of benzene rings is 1. The Balaban J connectivity index is 1.91. The van der Waals surface area contributed by atoms with Crippen LogP contribution in [0.4, 0.5) is 0 Å². The Bertz CT molecular complexity index is 748. The van der Waals surface area contributed by atoms with Crippen LogP contribution >= 0.6 is 0 Å². The molecule has 1 aromatic carbocycles. The highest BCUT2D eigenvalue weighted by molar-refractivity contribution is 5.56. The maximum absolute atomic E-state index is 5.15. The second-order valence-electron chi connectivity index (χ2n) is 5.41. The van der Waals surface area contributed by atoms with Crippen LogP contribution in [-0.4, -0.2) is 31.7 Å². The first-order chi connectivity index (χ1) is 11.3. The summed E-state index contributed by atoms with van der Waals surface area (Å²) in [6.45, 7) is 4.15. The molecule has 0 spiro atoms. The average Bonchev–Trinajstić information content (AvgIpc) is 3.18. The van der Waals surface area contributed by atoms with Gasteiger partial charge in [-0.2, -0.15) is 10.2 Å².